The average molecular weight is 349 g/mol. The molecule has 1 amide bonds. The Morgan fingerprint density at radius 1 is 1.41 bits per heavy atom. The highest BCUT2D eigenvalue weighted by Crippen LogP contribution is 2.10. The van der Waals surface area contributed by atoms with Crippen LogP contribution in [0.1, 0.15) is 10.4 Å². The Hall–Kier alpha value is -0.660. The molecule has 0 heterocycles. The monoisotopic (exact) mass is 349 g/mol. The fourth-order valence-corrected chi connectivity index (χ4v) is 1.98. The van der Waals surface area contributed by atoms with Crippen LogP contribution in [0.3, 0.4) is 0 Å². The van der Waals surface area contributed by atoms with Crippen LogP contribution < -0.4 is 5.32 Å². The zero-order valence-electron chi connectivity index (χ0n) is 9.90. The maximum absolute atomic E-state index is 11.9. The standard InChI is InChI=1S/C12H16INO3/c1-16-8-9(17-2)7-14-12(15)10-5-3-4-6-11(10)13/h3-6,9H,7-8H2,1-2H3,(H,14,15). The van der Waals surface area contributed by atoms with E-state index in [0.717, 1.165) is 3.57 Å². The van der Waals surface area contributed by atoms with Gasteiger partial charge in [0.05, 0.1) is 18.3 Å². The van der Waals surface area contributed by atoms with Crippen molar-refractivity contribution in [1.29, 1.82) is 0 Å². The molecule has 1 atom stereocenters. The van der Waals surface area contributed by atoms with E-state index in [-0.39, 0.29) is 12.0 Å². The summed E-state index contributed by atoms with van der Waals surface area (Å²) < 4.78 is 11.1. The molecule has 1 aromatic carbocycles. The number of halogens is 1. The van der Waals surface area contributed by atoms with Crippen molar-refractivity contribution in [2.75, 3.05) is 27.4 Å². The van der Waals surface area contributed by atoms with Gasteiger partial charge in [-0.1, -0.05) is 12.1 Å². The summed E-state index contributed by atoms with van der Waals surface area (Å²) >= 11 is 2.14. The first-order valence-corrected chi connectivity index (χ1v) is 6.31. The van der Waals surface area contributed by atoms with E-state index in [2.05, 4.69) is 27.9 Å². The van der Waals surface area contributed by atoms with Gasteiger partial charge >= 0.3 is 0 Å². The molecule has 0 bridgehead atoms. The molecule has 94 valence electrons. The summed E-state index contributed by atoms with van der Waals surface area (Å²) in [6, 6.07) is 7.45. The van der Waals surface area contributed by atoms with E-state index in [9.17, 15) is 4.79 Å². The predicted molar refractivity (Wildman–Crippen MR) is 74.2 cm³/mol. The zero-order chi connectivity index (χ0) is 12.7. The number of carbonyl (C=O) groups excluding carboxylic acids is 1. The van der Waals surface area contributed by atoms with Gasteiger partial charge in [-0.2, -0.15) is 0 Å². The largest absolute Gasteiger partial charge is 0.382 e. The number of hydrogen-bond donors (Lipinski definition) is 1. The third kappa shape index (κ3) is 4.61. The molecule has 1 N–H and O–H groups in total. The number of methoxy groups -OCH3 is 2. The molecular weight excluding hydrogens is 333 g/mol. The van der Waals surface area contributed by atoms with Crippen molar-refractivity contribution in [2.24, 2.45) is 0 Å². The lowest BCUT2D eigenvalue weighted by molar-refractivity contribution is 0.0285. The van der Waals surface area contributed by atoms with Crippen molar-refractivity contribution in [3.8, 4) is 0 Å². The number of nitrogens with one attached hydrogen (secondary N) is 1. The topological polar surface area (TPSA) is 47.6 Å². The van der Waals surface area contributed by atoms with Gasteiger partial charge in [0.1, 0.15) is 0 Å². The van der Waals surface area contributed by atoms with Gasteiger partial charge in [0, 0.05) is 24.3 Å². The van der Waals surface area contributed by atoms with Crippen LogP contribution in [0.25, 0.3) is 0 Å². The normalized spacial score (nSPS) is 12.2. The molecule has 1 rings (SSSR count). The van der Waals surface area contributed by atoms with Crippen LogP contribution in [0.15, 0.2) is 24.3 Å². The van der Waals surface area contributed by atoms with Crippen LogP contribution in [0, 0.1) is 3.57 Å². The summed E-state index contributed by atoms with van der Waals surface area (Å²) in [4.78, 5) is 11.9. The van der Waals surface area contributed by atoms with E-state index in [1.807, 2.05) is 18.2 Å². The highest BCUT2D eigenvalue weighted by atomic mass is 127. The molecular formula is C12H16INO3. The summed E-state index contributed by atoms with van der Waals surface area (Å²) in [5.74, 6) is -0.0897. The SMILES string of the molecule is COCC(CNC(=O)c1ccccc1I)OC. The Bertz CT molecular complexity index is 371. The first-order chi connectivity index (χ1) is 8.19. The number of amides is 1. The Morgan fingerprint density at radius 2 is 2.12 bits per heavy atom. The van der Waals surface area contributed by atoms with Crippen molar-refractivity contribution >= 4 is 28.5 Å². The Labute approximate surface area is 115 Å². The molecule has 0 aliphatic heterocycles. The van der Waals surface area contributed by atoms with Crippen molar-refractivity contribution in [1.82, 2.24) is 5.32 Å². The van der Waals surface area contributed by atoms with Gasteiger partial charge in [0.15, 0.2) is 0 Å². The molecule has 0 fully saturated rings. The van der Waals surface area contributed by atoms with E-state index < -0.39 is 0 Å². The van der Waals surface area contributed by atoms with Gasteiger partial charge in [0.2, 0.25) is 0 Å². The second kappa shape index (κ2) is 7.62. The Morgan fingerprint density at radius 3 is 2.71 bits per heavy atom. The fourth-order valence-electron chi connectivity index (χ4n) is 1.34. The first-order valence-electron chi connectivity index (χ1n) is 5.23. The molecule has 0 aliphatic carbocycles. The van der Waals surface area contributed by atoms with Crippen molar-refractivity contribution < 1.29 is 14.3 Å². The van der Waals surface area contributed by atoms with Gasteiger partial charge < -0.3 is 14.8 Å². The molecule has 0 radical (unpaired) electrons. The van der Waals surface area contributed by atoms with E-state index in [4.69, 9.17) is 9.47 Å². The molecule has 0 aromatic heterocycles. The van der Waals surface area contributed by atoms with E-state index in [1.165, 1.54) is 0 Å². The predicted octanol–water partition coefficient (Wildman–Crippen LogP) is 1.68. The minimum Gasteiger partial charge on any atom is -0.382 e. The molecule has 5 heteroatoms. The number of benzene rings is 1. The molecule has 0 saturated carbocycles. The van der Waals surface area contributed by atoms with E-state index >= 15 is 0 Å². The minimum atomic E-state index is -0.120. The summed E-state index contributed by atoms with van der Waals surface area (Å²) in [6.45, 7) is 0.900. The number of ether oxygens (including phenoxy) is 2. The van der Waals surface area contributed by atoms with Gasteiger partial charge in [-0.25, -0.2) is 0 Å². The molecule has 17 heavy (non-hydrogen) atoms. The Kier molecular flexibility index (Phi) is 6.46. The molecule has 0 saturated heterocycles. The number of hydrogen-bond acceptors (Lipinski definition) is 3. The van der Waals surface area contributed by atoms with Crippen molar-refractivity contribution in [2.45, 2.75) is 6.10 Å². The summed E-state index contributed by atoms with van der Waals surface area (Å²) in [5, 5.41) is 2.83. The highest BCUT2D eigenvalue weighted by molar-refractivity contribution is 14.1. The second-order valence-corrected chi connectivity index (χ2v) is 4.67. The van der Waals surface area contributed by atoms with Crippen molar-refractivity contribution in [3.05, 3.63) is 33.4 Å². The molecule has 4 nitrogen and oxygen atoms in total. The maximum atomic E-state index is 11.9. The van der Waals surface area contributed by atoms with Gasteiger partial charge in [0.25, 0.3) is 5.91 Å². The van der Waals surface area contributed by atoms with Gasteiger partial charge in [-0.3, -0.25) is 4.79 Å². The van der Waals surface area contributed by atoms with Crippen LogP contribution >= 0.6 is 22.6 Å². The number of rotatable bonds is 6. The van der Waals surface area contributed by atoms with Gasteiger partial charge in [-0.15, -0.1) is 0 Å². The molecule has 1 aromatic rings. The van der Waals surface area contributed by atoms with Crippen LogP contribution in [-0.2, 0) is 9.47 Å². The summed E-state index contributed by atoms with van der Waals surface area (Å²) in [7, 11) is 3.20. The third-order valence-electron chi connectivity index (χ3n) is 2.29. The lowest BCUT2D eigenvalue weighted by atomic mass is 10.2. The second-order valence-electron chi connectivity index (χ2n) is 3.50. The number of carbonyl (C=O) groups is 1. The average Bonchev–Trinajstić information content (AvgIpc) is 2.34. The van der Waals surface area contributed by atoms with E-state index in [0.29, 0.717) is 18.7 Å². The van der Waals surface area contributed by atoms with Crippen molar-refractivity contribution in [3.63, 3.8) is 0 Å². The third-order valence-corrected chi connectivity index (χ3v) is 3.24. The van der Waals surface area contributed by atoms with Crippen LogP contribution in [0.2, 0.25) is 0 Å². The van der Waals surface area contributed by atoms with E-state index in [1.54, 1.807) is 20.3 Å². The summed E-state index contributed by atoms with van der Waals surface area (Å²) in [6.07, 6.45) is -0.120. The van der Waals surface area contributed by atoms with Gasteiger partial charge in [-0.05, 0) is 34.7 Å². The Balaban J connectivity index is 2.52. The summed E-state index contributed by atoms with van der Waals surface area (Å²) in [5.41, 5.74) is 0.681. The quantitative estimate of drug-likeness (QED) is 0.795. The van der Waals surface area contributed by atoms with Crippen LogP contribution in [-0.4, -0.2) is 39.4 Å². The fraction of sp³-hybridized carbons (Fsp3) is 0.417. The highest BCUT2D eigenvalue weighted by Gasteiger charge is 2.12. The zero-order valence-corrected chi connectivity index (χ0v) is 12.1. The van der Waals surface area contributed by atoms with Crippen LogP contribution in [0.5, 0.6) is 0 Å². The first kappa shape index (κ1) is 14.4. The lowest BCUT2D eigenvalue weighted by Crippen LogP contribution is -2.35. The molecule has 0 spiro atoms. The van der Waals surface area contributed by atoms with Crippen LogP contribution in [0.4, 0.5) is 0 Å². The molecule has 1 unspecified atom stereocenters. The maximum Gasteiger partial charge on any atom is 0.252 e. The lowest BCUT2D eigenvalue weighted by Gasteiger charge is -2.15. The minimum absolute atomic E-state index is 0.0897. The smallest absolute Gasteiger partial charge is 0.252 e. The molecule has 0 aliphatic rings.